The normalized spacial score (nSPS) is 15.9. The molecule has 0 heterocycles. The van der Waals surface area contributed by atoms with E-state index < -0.39 is 12.8 Å². The highest BCUT2D eigenvalue weighted by Crippen LogP contribution is 2.25. The van der Waals surface area contributed by atoms with Gasteiger partial charge in [0.15, 0.2) is 12.6 Å². The van der Waals surface area contributed by atoms with E-state index in [0.717, 1.165) is 18.4 Å². The molecule has 2 N–H and O–H groups in total. The first-order chi connectivity index (χ1) is 9.85. The van der Waals surface area contributed by atoms with Crippen molar-refractivity contribution in [3.63, 3.8) is 0 Å². The summed E-state index contributed by atoms with van der Waals surface area (Å²) in [4.78, 5) is 6.22. The summed E-state index contributed by atoms with van der Waals surface area (Å²) >= 11 is 0. The van der Waals surface area contributed by atoms with Crippen LogP contribution in [0.2, 0.25) is 0 Å². The van der Waals surface area contributed by atoms with E-state index in [1.807, 2.05) is 11.9 Å². The van der Waals surface area contributed by atoms with Crippen LogP contribution in [-0.4, -0.2) is 36.7 Å². The molecule has 0 bridgehead atoms. The molecule has 4 nitrogen and oxygen atoms in total. The number of rotatable bonds is 5. The minimum Gasteiger partial charge on any atom is -0.484 e. The summed E-state index contributed by atoms with van der Waals surface area (Å²) in [5.41, 5.74) is 6.72. The summed E-state index contributed by atoms with van der Waals surface area (Å²) in [6, 6.07) is 6.85. The largest absolute Gasteiger partial charge is 0.484 e. The molecule has 7 heteroatoms. The van der Waals surface area contributed by atoms with Crippen molar-refractivity contribution >= 4 is 5.96 Å². The standard InChI is InChI=1S/C14H18F3N3O/c1-20(11-4-5-11)13(18)19-8-10-2-6-12(7-3-10)21-9-14(15,16)17/h2-3,6-7,11H,4-5,8-9H2,1H3,(H2,18,19). The highest BCUT2D eigenvalue weighted by atomic mass is 19.4. The lowest BCUT2D eigenvalue weighted by atomic mass is 10.2. The van der Waals surface area contributed by atoms with E-state index >= 15 is 0 Å². The number of halogens is 3. The van der Waals surface area contributed by atoms with Crippen LogP contribution in [0.4, 0.5) is 13.2 Å². The topological polar surface area (TPSA) is 50.8 Å². The third-order valence-corrected chi connectivity index (χ3v) is 3.21. The van der Waals surface area contributed by atoms with E-state index in [-0.39, 0.29) is 5.75 Å². The maximum absolute atomic E-state index is 12.0. The van der Waals surface area contributed by atoms with Gasteiger partial charge in [-0.1, -0.05) is 12.1 Å². The summed E-state index contributed by atoms with van der Waals surface area (Å²) in [5.74, 6) is 0.665. The van der Waals surface area contributed by atoms with Crippen molar-refractivity contribution in [2.45, 2.75) is 31.6 Å². The molecule has 116 valence electrons. The van der Waals surface area contributed by atoms with Gasteiger partial charge in [0, 0.05) is 13.1 Å². The van der Waals surface area contributed by atoms with Crippen LogP contribution in [0.15, 0.2) is 29.3 Å². The van der Waals surface area contributed by atoms with E-state index in [2.05, 4.69) is 9.73 Å². The zero-order valence-corrected chi connectivity index (χ0v) is 11.7. The van der Waals surface area contributed by atoms with Crippen molar-refractivity contribution in [2.75, 3.05) is 13.7 Å². The monoisotopic (exact) mass is 301 g/mol. The van der Waals surface area contributed by atoms with Gasteiger partial charge in [-0.2, -0.15) is 13.2 Å². The fourth-order valence-electron chi connectivity index (χ4n) is 1.79. The Hall–Kier alpha value is -1.92. The predicted molar refractivity (Wildman–Crippen MR) is 74.1 cm³/mol. The number of alkyl halides is 3. The molecule has 1 aromatic carbocycles. The van der Waals surface area contributed by atoms with Gasteiger partial charge in [0.2, 0.25) is 0 Å². The third-order valence-electron chi connectivity index (χ3n) is 3.21. The third kappa shape index (κ3) is 5.17. The van der Waals surface area contributed by atoms with Crippen LogP contribution < -0.4 is 10.5 Å². The molecule has 0 atom stereocenters. The second-order valence-electron chi connectivity index (χ2n) is 5.06. The summed E-state index contributed by atoms with van der Waals surface area (Å²) in [5, 5.41) is 0. The second-order valence-corrected chi connectivity index (χ2v) is 5.06. The van der Waals surface area contributed by atoms with Crippen molar-refractivity contribution < 1.29 is 17.9 Å². The van der Waals surface area contributed by atoms with Crippen LogP contribution in [0.25, 0.3) is 0 Å². The highest BCUT2D eigenvalue weighted by molar-refractivity contribution is 5.78. The van der Waals surface area contributed by atoms with Gasteiger partial charge in [-0.3, -0.25) is 0 Å². The zero-order valence-electron chi connectivity index (χ0n) is 11.7. The number of hydrogen-bond acceptors (Lipinski definition) is 2. The molecule has 0 spiro atoms. The van der Waals surface area contributed by atoms with Crippen LogP contribution in [0.1, 0.15) is 18.4 Å². The Balaban J connectivity index is 1.85. The number of nitrogens with zero attached hydrogens (tertiary/aromatic N) is 2. The molecule has 2 rings (SSSR count). The lowest BCUT2D eigenvalue weighted by Gasteiger charge is -2.16. The highest BCUT2D eigenvalue weighted by Gasteiger charge is 2.28. The van der Waals surface area contributed by atoms with Crippen molar-refractivity contribution in [3.8, 4) is 5.75 Å². The zero-order chi connectivity index (χ0) is 15.5. The maximum Gasteiger partial charge on any atom is 0.422 e. The van der Waals surface area contributed by atoms with Crippen LogP contribution in [-0.2, 0) is 6.54 Å². The molecule has 0 amide bonds. The van der Waals surface area contributed by atoms with Gasteiger partial charge in [-0.05, 0) is 30.5 Å². The molecule has 21 heavy (non-hydrogen) atoms. The summed E-state index contributed by atoms with van der Waals surface area (Å²) < 4.78 is 40.7. The summed E-state index contributed by atoms with van der Waals surface area (Å²) in [6.07, 6.45) is -2.05. The molecule has 0 unspecified atom stereocenters. The van der Waals surface area contributed by atoms with Crippen LogP contribution in [0.3, 0.4) is 0 Å². The van der Waals surface area contributed by atoms with Crippen molar-refractivity contribution in [2.24, 2.45) is 10.7 Å². The van der Waals surface area contributed by atoms with Gasteiger partial charge in [0.25, 0.3) is 0 Å². The average molecular weight is 301 g/mol. The minimum atomic E-state index is -4.33. The number of nitrogens with two attached hydrogens (primary N) is 1. The summed E-state index contributed by atoms with van der Waals surface area (Å²) in [7, 11) is 1.91. The first-order valence-corrected chi connectivity index (χ1v) is 6.66. The Morgan fingerprint density at radius 3 is 2.48 bits per heavy atom. The SMILES string of the molecule is CN(C(N)=NCc1ccc(OCC(F)(F)F)cc1)C1CC1. The fraction of sp³-hybridized carbons (Fsp3) is 0.500. The maximum atomic E-state index is 12.0. The first-order valence-electron chi connectivity index (χ1n) is 6.66. The van der Waals surface area contributed by atoms with E-state index in [0.29, 0.717) is 18.5 Å². The van der Waals surface area contributed by atoms with Gasteiger partial charge in [0.1, 0.15) is 5.75 Å². The number of guanidine groups is 1. The minimum absolute atomic E-state index is 0.183. The number of ether oxygens (including phenoxy) is 1. The molecular formula is C14H18F3N3O. The fourth-order valence-corrected chi connectivity index (χ4v) is 1.79. The molecule has 0 aromatic heterocycles. The number of hydrogen-bond donors (Lipinski definition) is 1. The Morgan fingerprint density at radius 2 is 1.95 bits per heavy atom. The average Bonchev–Trinajstić information content (AvgIpc) is 3.26. The van der Waals surface area contributed by atoms with Gasteiger partial charge in [-0.15, -0.1) is 0 Å². The molecule has 1 aliphatic carbocycles. The van der Waals surface area contributed by atoms with E-state index in [1.54, 1.807) is 12.1 Å². The Bertz CT molecular complexity index is 495. The predicted octanol–water partition coefficient (Wildman–Crippen LogP) is 2.54. The Labute approximate surface area is 121 Å². The van der Waals surface area contributed by atoms with Crippen molar-refractivity contribution in [3.05, 3.63) is 29.8 Å². The first kappa shape index (κ1) is 15.5. The number of aliphatic imine (C=N–C) groups is 1. The van der Waals surface area contributed by atoms with Crippen molar-refractivity contribution in [1.82, 2.24) is 4.90 Å². The Morgan fingerprint density at radius 1 is 1.33 bits per heavy atom. The second kappa shape index (κ2) is 6.24. The van der Waals surface area contributed by atoms with E-state index in [1.165, 1.54) is 12.1 Å². The van der Waals surface area contributed by atoms with Gasteiger partial charge in [-0.25, -0.2) is 4.99 Å². The smallest absolute Gasteiger partial charge is 0.422 e. The quantitative estimate of drug-likeness (QED) is 0.671. The van der Waals surface area contributed by atoms with Crippen LogP contribution >= 0.6 is 0 Å². The van der Waals surface area contributed by atoms with Gasteiger partial charge >= 0.3 is 6.18 Å². The van der Waals surface area contributed by atoms with Crippen LogP contribution in [0.5, 0.6) is 5.75 Å². The molecule has 1 fully saturated rings. The molecule has 1 saturated carbocycles. The summed E-state index contributed by atoms with van der Waals surface area (Å²) in [6.45, 7) is -0.897. The van der Waals surface area contributed by atoms with Gasteiger partial charge in [0.05, 0.1) is 6.54 Å². The lowest BCUT2D eigenvalue weighted by Crippen LogP contribution is -2.35. The lowest BCUT2D eigenvalue weighted by molar-refractivity contribution is -0.153. The van der Waals surface area contributed by atoms with E-state index in [4.69, 9.17) is 5.73 Å². The number of benzene rings is 1. The van der Waals surface area contributed by atoms with Crippen molar-refractivity contribution in [1.29, 1.82) is 0 Å². The van der Waals surface area contributed by atoms with Gasteiger partial charge < -0.3 is 15.4 Å². The molecule has 0 radical (unpaired) electrons. The Kier molecular flexibility index (Phi) is 4.59. The van der Waals surface area contributed by atoms with Crippen LogP contribution in [0, 0.1) is 0 Å². The molecule has 1 aliphatic rings. The molecule has 0 saturated heterocycles. The molecule has 0 aliphatic heterocycles. The van der Waals surface area contributed by atoms with E-state index in [9.17, 15) is 13.2 Å². The molecular weight excluding hydrogens is 283 g/mol. The molecule has 1 aromatic rings.